The Balaban J connectivity index is 4.17. The van der Waals surface area contributed by atoms with E-state index < -0.39 is 12.0 Å². The molecule has 0 radical (unpaired) electrons. The molecule has 4 heteroatoms. The van der Waals surface area contributed by atoms with Crippen molar-refractivity contribution in [1.82, 2.24) is 0 Å². The van der Waals surface area contributed by atoms with Crippen molar-refractivity contribution >= 4 is 17.7 Å². The van der Waals surface area contributed by atoms with E-state index in [2.05, 4.69) is 0 Å². The van der Waals surface area contributed by atoms with Crippen LogP contribution >= 0.6 is 11.8 Å². The molecule has 0 aromatic carbocycles. The lowest BCUT2D eigenvalue weighted by atomic mass is 9.88. The van der Waals surface area contributed by atoms with E-state index in [-0.39, 0.29) is 11.9 Å². The third-order valence-corrected chi connectivity index (χ3v) is 3.15. The zero-order chi connectivity index (χ0) is 11.8. The third-order valence-electron chi connectivity index (χ3n) is 2.45. The van der Waals surface area contributed by atoms with Gasteiger partial charge in [-0.3, -0.25) is 4.79 Å². The highest BCUT2D eigenvalue weighted by Crippen LogP contribution is 2.21. The molecule has 2 unspecified atom stereocenters. The standard InChI is InChI=1S/C11H22O3S/c1-8(2)10(11(13)14-3)9(12)6-5-7-15-4/h8-10,12H,5-7H2,1-4H3. The highest BCUT2D eigenvalue weighted by atomic mass is 32.2. The second kappa shape index (κ2) is 7.99. The van der Waals surface area contributed by atoms with Crippen molar-refractivity contribution in [3.63, 3.8) is 0 Å². The van der Waals surface area contributed by atoms with Crippen molar-refractivity contribution in [3.8, 4) is 0 Å². The van der Waals surface area contributed by atoms with Gasteiger partial charge in [-0.2, -0.15) is 11.8 Å². The molecular formula is C11H22O3S. The van der Waals surface area contributed by atoms with Gasteiger partial charge in [-0.05, 0) is 30.8 Å². The smallest absolute Gasteiger partial charge is 0.311 e. The molecule has 0 rings (SSSR count). The molecule has 0 aliphatic rings. The van der Waals surface area contributed by atoms with Crippen molar-refractivity contribution in [3.05, 3.63) is 0 Å². The fourth-order valence-electron chi connectivity index (χ4n) is 1.63. The Kier molecular flexibility index (Phi) is 7.88. The topological polar surface area (TPSA) is 46.5 Å². The molecule has 0 spiro atoms. The molecule has 0 fully saturated rings. The zero-order valence-electron chi connectivity index (χ0n) is 10.0. The molecule has 0 aromatic heterocycles. The number of hydrogen-bond donors (Lipinski definition) is 1. The van der Waals surface area contributed by atoms with Crippen molar-refractivity contribution < 1.29 is 14.6 Å². The first-order valence-electron chi connectivity index (χ1n) is 5.29. The van der Waals surface area contributed by atoms with Gasteiger partial charge >= 0.3 is 5.97 Å². The number of carbonyl (C=O) groups excluding carboxylic acids is 1. The number of thioether (sulfide) groups is 1. The minimum absolute atomic E-state index is 0.113. The maximum absolute atomic E-state index is 11.4. The quantitative estimate of drug-likeness (QED) is 0.540. The molecule has 0 saturated carbocycles. The summed E-state index contributed by atoms with van der Waals surface area (Å²) in [5.41, 5.74) is 0. The third kappa shape index (κ3) is 5.42. The first kappa shape index (κ1) is 14.8. The number of ether oxygens (including phenoxy) is 1. The number of aliphatic hydroxyl groups is 1. The Labute approximate surface area is 96.6 Å². The minimum Gasteiger partial charge on any atom is -0.469 e. The maximum Gasteiger partial charge on any atom is 0.311 e. The number of carbonyl (C=O) groups is 1. The normalized spacial score (nSPS) is 15.1. The van der Waals surface area contributed by atoms with Crippen LogP contribution in [-0.4, -0.2) is 36.3 Å². The van der Waals surface area contributed by atoms with E-state index in [0.29, 0.717) is 6.42 Å². The van der Waals surface area contributed by atoms with E-state index >= 15 is 0 Å². The molecule has 0 aromatic rings. The fraction of sp³-hybridized carbons (Fsp3) is 0.909. The zero-order valence-corrected chi connectivity index (χ0v) is 10.8. The molecule has 2 atom stereocenters. The molecule has 0 heterocycles. The first-order chi connectivity index (χ1) is 7.04. The summed E-state index contributed by atoms with van der Waals surface area (Å²) in [7, 11) is 1.37. The average molecular weight is 234 g/mol. The summed E-state index contributed by atoms with van der Waals surface area (Å²) in [5, 5.41) is 9.90. The number of methoxy groups -OCH3 is 1. The lowest BCUT2D eigenvalue weighted by molar-refractivity contribution is -0.151. The molecule has 0 bridgehead atoms. The summed E-state index contributed by atoms with van der Waals surface area (Å²) in [5.74, 6) is 0.434. The highest BCUT2D eigenvalue weighted by Gasteiger charge is 2.30. The van der Waals surface area contributed by atoms with Crippen LogP contribution < -0.4 is 0 Å². The fourth-order valence-corrected chi connectivity index (χ4v) is 2.08. The SMILES string of the molecule is COC(=O)C(C(C)C)C(O)CCCSC. The Bertz CT molecular complexity index is 183. The van der Waals surface area contributed by atoms with E-state index in [1.54, 1.807) is 11.8 Å². The van der Waals surface area contributed by atoms with Crippen molar-refractivity contribution in [2.75, 3.05) is 19.1 Å². The van der Waals surface area contributed by atoms with Gasteiger partial charge in [0.05, 0.1) is 19.1 Å². The van der Waals surface area contributed by atoms with Gasteiger partial charge in [0.2, 0.25) is 0 Å². The van der Waals surface area contributed by atoms with Crippen LogP contribution in [0, 0.1) is 11.8 Å². The molecular weight excluding hydrogens is 212 g/mol. The molecule has 3 nitrogen and oxygen atoms in total. The van der Waals surface area contributed by atoms with Gasteiger partial charge in [-0.25, -0.2) is 0 Å². The average Bonchev–Trinajstić information content (AvgIpc) is 2.17. The van der Waals surface area contributed by atoms with E-state index in [0.717, 1.165) is 12.2 Å². The number of esters is 1. The number of aliphatic hydroxyl groups excluding tert-OH is 1. The molecule has 0 saturated heterocycles. The van der Waals surface area contributed by atoms with Gasteiger partial charge in [-0.15, -0.1) is 0 Å². The Morgan fingerprint density at radius 3 is 2.47 bits per heavy atom. The van der Waals surface area contributed by atoms with Gasteiger partial charge in [0, 0.05) is 0 Å². The summed E-state index contributed by atoms with van der Waals surface area (Å²) >= 11 is 1.75. The predicted molar refractivity (Wildman–Crippen MR) is 64.0 cm³/mol. The van der Waals surface area contributed by atoms with Crippen LogP contribution in [0.15, 0.2) is 0 Å². The molecule has 0 aliphatic carbocycles. The molecule has 90 valence electrons. The number of hydrogen-bond acceptors (Lipinski definition) is 4. The van der Waals surface area contributed by atoms with Gasteiger partial charge < -0.3 is 9.84 Å². The Morgan fingerprint density at radius 2 is 2.07 bits per heavy atom. The van der Waals surface area contributed by atoms with Crippen LogP contribution in [0.25, 0.3) is 0 Å². The van der Waals surface area contributed by atoms with Gasteiger partial charge in [0.1, 0.15) is 0 Å². The summed E-state index contributed by atoms with van der Waals surface area (Å²) in [6.45, 7) is 3.86. The van der Waals surface area contributed by atoms with E-state index in [1.807, 2.05) is 20.1 Å². The lowest BCUT2D eigenvalue weighted by Gasteiger charge is -2.23. The Hall–Kier alpha value is -0.220. The Morgan fingerprint density at radius 1 is 1.47 bits per heavy atom. The van der Waals surface area contributed by atoms with Crippen LogP contribution in [0.1, 0.15) is 26.7 Å². The van der Waals surface area contributed by atoms with E-state index in [4.69, 9.17) is 4.74 Å². The van der Waals surface area contributed by atoms with Crippen LogP contribution in [-0.2, 0) is 9.53 Å². The first-order valence-corrected chi connectivity index (χ1v) is 6.68. The van der Waals surface area contributed by atoms with Gasteiger partial charge in [0.25, 0.3) is 0 Å². The predicted octanol–water partition coefficient (Wildman–Crippen LogP) is 1.94. The van der Waals surface area contributed by atoms with Crippen molar-refractivity contribution in [1.29, 1.82) is 0 Å². The summed E-state index contributed by atoms with van der Waals surface area (Å²) in [4.78, 5) is 11.4. The molecule has 0 aliphatic heterocycles. The summed E-state index contributed by atoms with van der Waals surface area (Å²) in [6, 6.07) is 0. The van der Waals surface area contributed by atoms with E-state index in [9.17, 15) is 9.90 Å². The van der Waals surface area contributed by atoms with E-state index in [1.165, 1.54) is 7.11 Å². The van der Waals surface area contributed by atoms with Gasteiger partial charge in [-0.1, -0.05) is 13.8 Å². The van der Waals surface area contributed by atoms with Crippen LogP contribution in [0.4, 0.5) is 0 Å². The summed E-state index contributed by atoms with van der Waals surface area (Å²) < 4.78 is 4.70. The van der Waals surface area contributed by atoms with Crippen LogP contribution in [0.5, 0.6) is 0 Å². The second-order valence-electron chi connectivity index (χ2n) is 4.00. The second-order valence-corrected chi connectivity index (χ2v) is 4.98. The minimum atomic E-state index is -0.579. The molecule has 15 heavy (non-hydrogen) atoms. The monoisotopic (exact) mass is 234 g/mol. The van der Waals surface area contributed by atoms with Crippen molar-refractivity contribution in [2.45, 2.75) is 32.8 Å². The van der Waals surface area contributed by atoms with Gasteiger partial charge in [0.15, 0.2) is 0 Å². The number of rotatable bonds is 7. The van der Waals surface area contributed by atoms with Crippen LogP contribution in [0.3, 0.4) is 0 Å². The molecule has 0 amide bonds. The summed E-state index contributed by atoms with van der Waals surface area (Å²) in [6.07, 6.45) is 3.05. The van der Waals surface area contributed by atoms with Crippen LogP contribution in [0.2, 0.25) is 0 Å². The molecule has 1 N–H and O–H groups in total. The largest absolute Gasteiger partial charge is 0.469 e. The lowest BCUT2D eigenvalue weighted by Crippen LogP contribution is -2.33. The maximum atomic E-state index is 11.4. The van der Waals surface area contributed by atoms with Crippen molar-refractivity contribution in [2.24, 2.45) is 11.8 Å². The highest BCUT2D eigenvalue weighted by molar-refractivity contribution is 7.98.